The Kier molecular flexibility index (Phi) is 6.17. The largest absolute Gasteiger partial charge is 0.297 e. The molecule has 1 aromatic rings. The molecular weight excluding hydrogens is 240 g/mol. The first-order valence-electron chi connectivity index (χ1n) is 5.48. The molecule has 0 amide bonds. The highest BCUT2D eigenvalue weighted by molar-refractivity contribution is 7.98. The molecule has 0 aromatic carbocycles. The summed E-state index contributed by atoms with van der Waals surface area (Å²) in [7, 11) is 2.15. The van der Waals surface area contributed by atoms with Gasteiger partial charge in [-0.1, -0.05) is 24.6 Å². The minimum atomic E-state index is 0.573. The van der Waals surface area contributed by atoms with Crippen LogP contribution in [-0.4, -0.2) is 35.0 Å². The number of hydrogen-bond donors (Lipinski definition) is 0. The topological polar surface area (TPSA) is 16.1 Å². The first-order chi connectivity index (χ1) is 7.67. The first-order valence-corrected chi connectivity index (χ1v) is 7.25. The van der Waals surface area contributed by atoms with E-state index in [1.54, 1.807) is 0 Å². The van der Waals surface area contributed by atoms with Gasteiger partial charge in [-0.2, -0.15) is 11.8 Å². The summed E-state index contributed by atoms with van der Waals surface area (Å²) >= 11 is 7.76. The van der Waals surface area contributed by atoms with E-state index < -0.39 is 0 Å². The number of aromatic nitrogens is 1. The highest BCUT2D eigenvalue weighted by atomic mass is 35.5. The smallest absolute Gasteiger partial charge is 0.129 e. The Morgan fingerprint density at radius 2 is 2.25 bits per heavy atom. The van der Waals surface area contributed by atoms with Crippen molar-refractivity contribution in [2.75, 3.05) is 19.1 Å². The lowest BCUT2D eigenvalue weighted by Gasteiger charge is -2.26. The van der Waals surface area contributed by atoms with Gasteiger partial charge in [-0.25, -0.2) is 4.98 Å². The predicted molar refractivity (Wildman–Crippen MR) is 73.2 cm³/mol. The maximum absolute atomic E-state index is 5.87. The lowest BCUT2D eigenvalue weighted by atomic mass is 10.2. The molecule has 90 valence electrons. The van der Waals surface area contributed by atoms with E-state index in [9.17, 15) is 0 Å². The third-order valence-electron chi connectivity index (χ3n) is 2.64. The molecule has 0 saturated heterocycles. The molecule has 0 spiro atoms. The van der Waals surface area contributed by atoms with Gasteiger partial charge in [0.2, 0.25) is 0 Å². The molecule has 1 atom stereocenters. The quantitative estimate of drug-likeness (QED) is 0.729. The van der Waals surface area contributed by atoms with Gasteiger partial charge < -0.3 is 0 Å². The van der Waals surface area contributed by atoms with Crippen molar-refractivity contribution in [2.24, 2.45) is 0 Å². The van der Waals surface area contributed by atoms with Gasteiger partial charge in [0.15, 0.2) is 0 Å². The van der Waals surface area contributed by atoms with Crippen LogP contribution in [0.3, 0.4) is 0 Å². The van der Waals surface area contributed by atoms with Crippen LogP contribution in [0.1, 0.15) is 19.0 Å². The van der Waals surface area contributed by atoms with Gasteiger partial charge in [-0.15, -0.1) is 0 Å². The summed E-state index contributed by atoms with van der Waals surface area (Å²) in [6.45, 7) is 3.09. The van der Waals surface area contributed by atoms with Crippen molar-refractivity contribution in [1.29, 1.82) is 0 Å². The van der Waals surface area contributed by atoms with Gasteiger partial charge in [-0.05, 0) is 31.9 Å². The summed E-state index contributed by atoms with van der Waals surface area (Å²) in [5.41, 5.74) is 1.04. The van der Waals surface area contributed by atoms with Crippen molar-refractivity contribution in [3.8, 4) is 0 Å². The summed E-state index contributed by atoms with van der Waals surface area (Å²) in [6.07, 6.45) is 3.31. The van der Waals surface area contributed by atoms with Crippen LogP contribution in [0.4, 0.5) is 0 Å². The van der Waals surface area contributed by atoms with Crippen molar-refractivity contribution in [2.45, 2.75) is 25.9 Å². The van der Waals surface area contributed by atoms with Gasteiger partial charge in [0, 0.05) is 18.3 Å². The molecule has 0 N–H and O–H groups in total. The molecule has 0 saturated carbocycles. The van der Waals surface area contributed by atoms with Gasteiger partial charge in [-0.3, -0.25) is 4.90 Å². The maximum atomic E-state index is 5.87. The zero-order chi connectivity index (χ0) is 12.0. The second-order valence-corrected chi connectivity index (χ2v) is 5.18. The van der Waals surface area contributed by atoms with E-state index >= 15 is 0 Å². The third kappa shape index (κ3) is 4.32. The Hall–Kier alpha value is -0.250. The monoisotopic (exact) mass is 258 g/mol. The molecule has 1 unspecified atom stereocenters. The van der Waals surface area contributed by atoms with Gasteiger partial charge >= 0.3 is 0 Å². The van der Waals surface area contributed by atoms with E-state index in [-0.39, 0.29) is 0 Å². The van der Waals surface area contributed by atoms with Crippen LogP contribution in [0.15, 0.2) is 18.2 Å². The van der Waals surface area contributed by atoms with Crippen molar-refractivity contribution in [3.63, 3.8) is 0 Å². The van der Waals surface area contributed by atoms with Crippen LogP contribution in [0.2, 0.25) is 5.15 Å². The molecule has 0 aliphatic rings. The van der Waals surface area contributed by atoms with Gasteiger partial charge in [0.1, 0.15) is 5.15 Å². The summed E-state index contributed by atoms with van der Waals surface area (Å²) in [5.74, 6) is 1.16. The zero-order valence-electron chi connectivity index (χ0n) is 10.1. The molecule has 1 heterocycles. The fourth-order valence-electron chi connectivity index (χ4n) is 1.67. The average molecular weight is 259 g/mol. The van der Waals surface area contributed by atoms with E-state index in [2.05, 4.69) is 30.1 Å². The highest BCUT2D eigenvalue weighted by Crippen LogP contribution is 2.12. The summed E-state index contributed by atoms with van der Waals surface area (Å²) in [6, 6.07) is 6.39. The van der Waals surface area contributed by atoms with Crippen molar-refractivity contribution in [3.05, 3.63) is 29.0 Å². The molecule has 16 heavy (non-hydrogen) atoms. The van der Waals surface area contributed by atoms with Gasteiger partial charge in [0.25, 0.3) is 0 Å². The zero-order valence-corrected chi connectivity index (χ0v) is 11.7. The molecular formula is C12H19ClN2S. The molecule has 0 aliphatic carbocycles. The Bertz CT molecular complexity index is 320. The number of halogens is 1. The summed E-state index contributed by atoms with van der Waals surface area (Å²) < 4.78 is 0. The molecule has 1 aromatic heterocycles. The van der Waals surface area contributed by atoms with E-state index in [0.717, 1.165) is 24.4 Å². The minimum absolute atomic E-state index is 0.573. The fourth-order valence-corrected chi connectivity index (χ4v) is 2.73. The van der Waals surface area contributed by atoms with Crippen LogP contribution < -0.4 is 0 Å². The minimum Gasteiger partial charge on any atom is -0.297 e. The Balaban J connectivity index is 2.58. The van der Waals surface area contributed by atoms with Crippen molar-refractivity contribution >= 4 is 23.4 Å². The Labute approximate surface area is 107 Å². The average Bonchev–Trinajstić information content (AvgIpc) is 2.25. The third-order valence-corrected chi connectivity index (χ3v) is 3.57. The molecule has 2 nitrogen and oxygen atoms in total. The van der Waals surface area contributed by atoms with E-state index in [1.165, 1.54) is 0 Å². The number of thioether (sulfide) groups is 1. The summed E-state index contributed by atoms with van der Waals surface area (Å²) in [5, 5.41) is 0.573. The number of hydrogen-bond acceptors (Lipinski definition) is 3. The molecule has 0 bridgehead atoms. The predicted octanol–water partition coefficient (Wildman–Crippen LogP) is 3.31. The molecule has 0 radical (unpaired) electrons. The standard InChI is InChI=1S/C12H19ClN2S/c1-4-11(9-16-3)15(2)8-10-6-5-7-12(13)14-10/h5-7,11H,4,8-9H2,1-3H3. The normalized spacial score (nSPS) is 13.1. The van der Waals surface area contributed by atoms with E-state index in [1.807, 2.05) is 30.0 Å². The fraction of sp³-hybridized carbons (Fsp3) is 0.583. The summed E-state index contributed by atoms with van der Waals surface area (Å²) in [4.78, 5) is 6.65. The first kappa shape index (κ1) is 13.8. The lowest BCUT2D eigenvalue weighted by Crippen LogP contribution is -2.32. The molecule has 0 aliphatic heterocycles. The number of pyridine rings is 1. The van der Waals surface area contributed by atoms with Crippen LogP contribution in [0.5, 0.6) is 0 Å². The molecule has 0 fully saturated rings. The SMILES string of the molecule is CCC(CSC)N(C)Cc1cccc(Cl)n1. The maximum Gasteiger partial charge on any atom is 0.129 e. The van der Waals surface area contributed by atoms with Gasteiger partial charge in [0.05, 0.1) is 5.69 Å². The lowest BCUT2D eigenvalue weighted by molar-refractivity contribution is 0.245. The van der Waals surface area contributed by atoms with E-state index in [4.69, 9.17) is 11.6 Å². The van der Waals surface area contributed by atoms with E-state index in [0.29, 0.717) is 11.2 Å². The molecule has 1 rings (SSSR count). The second-order valence-electron chi connectivity index (χ2n) is 3.88. The van der Waals surface area contributed by atoms with Crippen molar-refractivity contribution in [1.82, 2.24) is 9.88 Å². The highest BCUT2D eigenvalue weighted by Gasteiger charge is 2.12. The van der Waals surface area contributed by atoms with Crippen LogP contribution in [0.25, 0.3) is 0 Å². The second kappa shape index (κ2) is 7.15. The Morgan fingerprint density at radius 1 is 1.50 bits per heavy atom. The number of rotatable bonds is 6. The van der Waals surface area contributed by atoms with Crippen LogP contribution in [-0.2, 0) is 6.54 Å². The molecule has 4 heteroatoms. The van der Waals surface area contributed by atoms with Crippen molar-refractivity contribution < 1.29 is 0 Å². The number of nitrogens with zero attached hydrogens (tertiary/aromatic N) is 2. The van der Waals surface area contributed by atoms with Crippen LogP contribution in [0, 0.1) is 0 Å². The Morgan fingerprint density at radius 3 is 2.81 bits per heavy atom. The van der Waals surface area contributed by atoms with Crippen LogP contribution >= 0.6 is 23.4 Å².